The lowest BCUT2D eigenvalue weighted by molar-refractivity contribution is -0.113. The van der Waals surface area contributed by atoms with Crippen molar-refractivity contribution in [2.75, 3.05) is 11.1 Å². The molecule has 1 aromatic carbocycles. The van der Waals surface area contributed by atoms with Crippen LogP contribution in [0.25, 0.3) is 10.8 Å². The second-order valence-corrected chi connectivity index (χ2v) is 10.1. The maximum Gasteiger partial charge on any atom is 0.288 e. The van der Waals surface area contributed by atoms with Crippen LogP contribution in [-0.4, -0.2) is 27.6 Å². The highest BCUT2D eigenvalue weighted by atomic mass is 32.2. The van der Waals surface area contributed by atoms with Crippen LogP contribution in [0, 0.1) is 5.92 Å². The van der Waals surface area contributed by atoms with E-state index in [-0.39, 0.29) is 11.7 Å². The van der Waals surface area contributed by atoms with Crippen LogP contribution < -0.4 is 5.32 Å². The number of hydrogen-bond acceptors (Lipinski definition) is 7. The molecule has 5 nitrogen and oxygen atoms in total. The van der Waals surface area contributed by atoms with Crippen molar-refractivity contribution < 1.29 is 18.0 Å². The predicted octanol–water partition coefficient (Wildman–Crippen LogP) is 5.97. The van der Waals surface area contributed by atoms with Crippen molar-refractivity contribution in [3.63, 3.8) is 0 Å². The van der Waals surface area contributed by atoms with Crippen molar-refractivity contribution in [2.24, 2.45) is 5.92 Å². The fourth-order valence-corrected chi connectivity index (χ4v) is 5.55. The number of benzene rings is 1. The van der Waals surface area contributed by atoms with Gasteiger partial charge in [-0.3, -0.25) is 4.79 Å². The van der Waals surface area contributed by atoms with Crippen LogP contribution >= 0.6 is 34.9 Å². The van der Waals surface area contributed by atoms with Crippen molar-refractivity contribution in [1.82, 2.24) is 10.2 Å². The molecule has 0 radical (unpaired) electrons. The Morgan fingerprint density at radius 1 is 1.37 bits per heavy atom. The molecule has 1 aliphatic carbocycles. The Labute approximate surface area is 185 Å². The van der Waals surface area contributed by atoms with Crippen LogP contribution in [0.1, 0.15) is 23.8 Å². The number of aryl methyl sites for hydroxylation is 1. The summed E-state index contributed by atoms with van der Waals surface area (Å²) >= 11 is 3.20. The number of carbonyl (C=O) groups is 1. The van der Waals surface area contributed by atoms with Gasteiger partial charge in [-0.2, -0.15) is 8.78 Å². The summed E-state index contributed by atoms with van der Waals surface area (Å²) in [5.74, 6) is -1.70. The van der Waals surface area contributed by atoms with Crippen LogP contribution in [-0.2, 0) is 17.6 Å². The monoisotopic (exact) mass is 467 g/mol. The summed E-state index contributed by atoms with van der Waals surface area (Å²) in [6, 6.07) is 8.60. The van der Waals surface area contributed by atoms with Gasteiger partial charge in [-0.15, -0.1) is 21.5 Å². The highest BCUT2D eigenvalue weighted by Gasteiger charge is 2.21. The number of thiophene rings is 1. The maximum absolute atomic E-state index is 12.7. The second kappa shape index (κ2) is 9.49. The maximum atomic E-state index is 12.7. The normalized spacial score (nSPS) is 15.9. The fraction of sp³-hybridized carbons (Fsp3) is 0.350. The average Bonchev–Trinajstić information content (AvgIpc) is 3.34. The largest absolute Gasteiger partial charge is 0.410 e. The lowest BCUT2D eigenvalue weighted by Crippen LogP contribution is -2.14. The third kappa shape index (κ3) is 5.22. The number of para-hydroxylation sites is 1. The van der Waals surface area contributed by atoms with Gasteiger partial charge in [0.15, 0.2) is 0 Å². The van der Waals surface area contributed by atoms with Crippen LogP contribution in [0.5, 0.6) is 0 Å². The van der Waals surface area contributed by atoms with E-state index in [9.17, 15) is 13.6 Å². The van der Waals surface area contributed by atoms with Crippen molar-refractivity contribution in [3.05, 3.63) is 40.8 Å². The van der Waals surface area contributed by atoms with E-state index in [0.717, 1.165) is 29.5 Å². The fourth-order valence-electron chi connectivity index (χ4n) is 3.26. The Morgan fingerprint density at radius 2 is 2.20 bits per heavy atom. The van der Waals surface area contributed by atoms with E-state index in [0.29, 0.717) is 39.4 Å². The van der Waals surface area contributed by atoms with Crippen LogP contribution in [0.15, 0.2) is 44.9 Å². The van der Waals surface area contributed by atoms with Gasteiger partial charge in [0.05, 0.1) is 16.3 Å². The SMILES string of the molecule is C[C@@H]1CCc2sc(-c3nnc(SCC(=O)Nc4ccccc4SC(F)F)o3)cc2C1. The summed E-state index contributed by atoms with van der Waals surface area (Å²) < 4.78 is 31.0. The summed E-state index contributed by atoms with van der Waals surface area (Å²) in [5, 5.41) is 11.1. The molecule has 3 aromatic rings. The number of anilines is 1. The van der Waals surface area contributed by atoms with Gasteiger partial charge in [0, 0.05) is 9.77 Å². The van der Waals surface area contributed by atoms with Crippen LogP contribution in [0.2, 0.25) is 0 Å². The number of nitrogens with one attached hydrogen (secondary N) is 1. The first-order valence-corrected chi connectivity index (χ1v) is 12.1. The molecule has 10 heteroatoms. The van der Waals surface area contributed by atoms with E-state index in [1.54, 1.807) is 35.6 Å². The molecule has 30 heavy (non-hydrogen) atoms. The Hall–Kier alpha value is -1.91. The number of nitrogens with zero attached hydrogens (tertiary/aromatic N) is 2. The van der Waals surface area contributed by atoms with Crippen molar-refractivity contribution in [1.29, 1.82) is 0 Å². The Bertz CT molecular complexity index is 1040. The van der Waals surface area contributed by atoms with Gasteiger partial charge in [0.25, 0.3) is 16.9 Å². The van der Waals surface area contributed by atoms with Gasteiger partial charge < -0.3 is 9.73 Å². The number of hydrogen-bond donors (Lipinski definition) is 1. The molecule has 4 rings (SSSR count). The molecule has 0 unspecified atom stereocenters. The van der Waals surface area contributed by atoms with E-state index >= 15 is 0 Å². The van der Waals surface area contributed by atoms with Gasteiger partial charge >= 0.3 is 0 Å². The molecule has 1 aliphatic rings. The minimum Gasteiger partial charge on any atom is -0.410 e. The number of aromatic nitrogens is 2. The number of rotatable bonds is 7. The van der Waals surface area contributed by atoms with E-state index in [4.69, 9.17) is 4.42 Å². The number of carbonyl (C=O) groups excluding carboxylic acids is 1. The third-order valence-corrected chi connectivity index (χ3v) is 7.48. The smallest absolute Gasteiger partial charge is 0.288 e. The molecule has 1 amide bonds. The minimum atomic E-state index is -2.56. The molecule has 0 fully saturated rings. The molecule has 0 saturated heterocycles. The predicted molar refractivity (Wildman–Crippen MR) is 116 cm³/mol. The first kappa shape index (κ1) is 21.3. The number of alkyl halides is 2. The van der Waals surface area contributed by atoms with Gasteiger partial charge in [-0.1, -0.05) is 42.6 Å². The molecule has 2 heterocycles. The molecular weight excluding hydrogens is 448 g/mol. The van der Waals surface area contributed by atoms with E-state index < -0.39 is 5.76 Å². The van der Waals surface area contributed by atoms with Crippen LogP contribution in [0.4, 0.5) is 14.5 Å². The summed E-state index contributed by atoms with van der Waals surface area (Å²) in [6.45, 7) is 2.26. The zero-order valence-electron chi connectivity index (χ0n) is 16.1. The van der Waals surface area contributed by atoms with Gasteiger partial charge in [-0.05, 0) is 48.9 Å². The molecule has 2 aromatic heterocycles. The molecule has 0 spiro atoms. The van der Waals surface area contributed by atoms with E-state index in [1.807, 2.05) is 0 Å². The van der Waals surface area contributed by atoms with Crippen molar-refractivity contribution in [3.8, 4) is 10.8 Å². The molecule has 1 N–H and O–H groups in total. The summed E-state index contributed by atoms with van der Waals surface area (Å²) in [7, 11) is 0. The standard InChI is InChI=1S/C20H19F2N3O2S3/c1-11-6-7-14-12(8-11)9-16(29-14)18-24-25-20(27-18)28-10-17(26)23-13-4-2-3-5-15(13)30-19(21)22/h2-5,9,11,19H,6-8,10H2,1H3,(H,23,26)/t11-/m1/s1. The first-order valence-electron chi connectivity index (χ1n) is 9.40. The quantitative estimate of drug-likeness (QED) is 0.432. The molecule has 0 bridgehead atoms. The Balaban J connectivity index is 1.35. The second-order valence-electron chi connectivity index (χ2n) is 6.99. The average molecular weight is 468 g/mol. The Kier molecular flexibility index (Phi) is 6.74. The minimum absolute atomic E-state index is 0.0355. The molecule has 1 atom stereocenters. The lowest BCUT2D eigenvalue weighted by Gasteiger charge is -2.16. The summed E-state index contributed by atoms with van der Waals surface area (Å²) in [5.41, 5.74) is 1.72. The van der Waals surface area contributed by atoms with Crippen molar-refractivity contribution in [2.45, 2.75) is 42.1 Å². The lowest BCUT2D eigenvalue weighted by atomic mass is 9.90. The molecule has 0 saturated carbocycles. The van der Waals surface area contributed by atoms with Crippen LogP contribution in [0.3, 0.4) is 0 Å². The zero-order chi connectivity index (χ0) is 21.1. The Morgan fingerprint density at radius 3 is 3.03 bits per heavy atom. The number of fused-ring (bicyclic) bond motifs is 1. The number of halogens is 2. The summed E-state index contributed by atoms with van der Waals surface area (Å²) in [4.78, 5) is 14.9. The van der Waals surface area contributed by atoms with Crippen molar-refractivity contribution >= 4 is 46.5 Å². The van der Waals surface area contributed by atoms with E-state index in [2.05, 4.69) is 28.5 Å². The topological polar surface area (TPSA) is 68.0 Å². The van der Waals surface area contributed by atoms with Gasteiger partial charge in [0.2, 0.25) is 5.91 Å². The van der Waals surface area contributed by atoms with Gasteiger partial charge in [-0.25, -0.2) is 0 Å². The zero-order valence-corrected chi connectivity index (χ0v) is 18.5. The number of thioether (sulfide) groups is 2. The van der Waals surface area contributed by atoms with Gasteiger partial charge in [0.1, 0.15) is 0 Å². The summed E-state index contributed by atoms with van der Waals surface area (Å²) in [6.07, 6.45) is 3.36. The first-order chi connectivity index (χ1) is 14.5. The molecular formula is C20H19F2N3O2S3. The highest BCUT2D eigenvalue weighted by molar-refractivity contribution is 8.00. The molecule has 158 valence electrons. The van der Waals surface area contributed by atoms with E-state index in [1.165, 1.54) is 16.9 Å². The molecule has 0 aliphatic heterocycles. The highest BCUT2D eigenvalue weighted by Crippen LogP contribution is 2.37. The third-order valence-electron chi connectivity index (χ3n) is 4.65. The number of amides is 1.